The number of rotatable bonds is 16. The number of hydrogen-bond acceptors (Lipinski definition) is 7. The van der Waals surface area contributed by atoms with Crippen molar-refractivity contribution in [2.75, 3.05) is 0 Å². The van der Waals surface area contributed by atoms with E-state index in [9.17, 15) is 33.9 Å². The Morgan fingerprint density at radius 1 is 0.757 bits per heavy atom. The molecule has 4 unspecified atom stereocenters. The lowest BCUT2D eigenvalue weighted by Gasteiger charge is -2.26. The van der Waals surface area contributed by atoms with Crippen molar-refractivity contribution in [2.45, 2.75) is 70.1 Å². The van der Waals surface area contributed by atoms with Crippen LogP contribution in [0.15, 0.2) is 30.3 Å². The summed E-state index contributed by atoms with van der Waals surface area (Å²) in [5.74, 6) is -6.63. The SMILES string of the molecule is CC(C)C(NC(=O)C(Cc1ccccc1)NC(=O)C(CCC(=O)O)NC(=O)C(N)CCC(=O)O)C(=O)O. The number of amides is 3. The highest BCUT2D eigenvalue weighted by atomic mass is 16.4. The van der Waals surface area contributed by atoms with Crippen LogP contribution in [0.2, 0.25) is 0 Å². The molecule has 0 saturated carbocycles. The number of carboxylic acids is 3. The molecule has 0 aliphatic heterocycles. The van der Waals surface area contributed by atoms with Gasteiger partial charge in [-0.2, -0.15) is 0 Å². The number of carboxylic acid groups (broad SMARTS) is 3. The standard InChI is InChI=1S/C24H34N4O9/c1-13(2)20(24(36)37)28-23(35)17(12-14-6-4-3-5-7-14)27-22(34)16(9-11-19(31)32)26-21(33)15(25)8-10-18(29)30/h3-7,13,15-17,20H,8-12,25H2,1-2H3,(H,26,33)(H,27,34)(H,28,35)(H,29,30)(H,31,32)(H,36,37). The minimum atomic E-state index is -1.40. The number of carbonyl (C=O) groups excluding carboxylic acids is 3. The van der Waals surface area contributed by atoms with E-state index in [-0.39, 0.29) is 25.7 Å². The second-order valence-electron chi connectivity index (χ2n) is 8.85. The van der Waals surface area contributed by atoms with Crippen LogP contribution in [0.25, 0.3) is 0 Å². The van der Waals surface area contributed by atoms with Gasteiger partial charge in [0.15, 0.2) is 0 Å². The highest BCUT2D eigenvalue weighted by molar-refractivity contribution is 5.94. The first-order valence-electron chi connectivity index (χ1n) is 11.7. The molecule has 3 amide bonds. The molecule has 37 heavy (non-hydrogen) atoms. The van der Waals surface area contributed by atoms with E-state index in [0.29, 0.717) is 5.56 Å². The maximum absolute atomic E-state index is 13.1. The number of benzene rings is 1. The van der Waals surface area contributed by atoms with E-state index in [4.69, 9.17) is 15.9 Å². The van der Waals surface area contributed by atoms with Gasteiger partial charge in [0.2, 0.25) is 17.7 Å². The van der Waals surface area contributed by atoms with E-state index >= 15 is 0 Å². The van der Waals surface area contributed by atoms with E-state index in [0.717, 1.165) is 0 Å². The number of hydrogen-bond donors (Lipinski definition) is 7. The van der Waals surface area contributed by atoms with Crippen molar-refractivity contribution in [2.24, 2.45) is 11.7 Å². The summed E-state index contributed by atoms with van der Waals surface area (Å²) in [7, 11) is 0. The van der Waals surface area contributed by atoms with Gasteiger partial charge in [-0.15, -0.1) is 0 Å². The van der Waals surface area contributed by atoms with Gasteiger partial charge < -0.3 is 37.0 Å². The Kier molecular flexibility index (Phi) is 12.7. The predicted octanol–water partition coefficient (Wildman–Crippen LogP) is -0.519. The average Bonchev–Trinajstić information content (AvgIpc) is 2.82. The number of nitrogens with two attached hydrogens (primary N) is 1. The van der Waals surface area contributed by atoms with Gasteiger partial charge in [0, 0.05) is 19.3 Å². The minimum Gasteiger partial charge on any atom is -0.481 e. The van der Waals surface area contributed by atoms with Crippen molar-refractivity contribution >= 4 is 35.6 Å². The summed E-state index contributed by atoms with van der Waals surface area (Å²) in [5.41, 5.74) is 6.34. The average molecular weight is 523 g/mol. The maximum Gasteiger partial charge on any atom is 0.326 e. The molecule has 1 aromatic rings. The second-order valence-corrected chi connectivity index (χ2v) is 8.85. The topological polar surface area (TPSA) is 225 Å². The molecule has 0 fully saturated rings. The lowest BCUT2D eigenvalue weighted by Crippen LogP contribution is -2.58. The molecule has 0 heterocycles. The summed E-state index contributed by atoms with van der Waals surface area (Å²) >= 11 is 0. The van der Waals surface area contributed by atoms with Crippen LogP contribution >= 0.6 is 0 Å². The molecule has 0 aromatic heterocycles. The van der Waals surface area contributed by atoms with Crippen LogP contribution in [-0.2, 0) is 35.2 Å². The van der Waals surface area contributed by atoms with Crippen LogP contribution in [0.4, 0.5) is 0 Å². The predicted molar refractivity (Wildman–Crippen MR) is 130 cm³/mol. The van der Waals surface area contributed by atoms with Gasteiger partial charge in [0.25, 0.3) is 0 Å². The molecule has 13 heteroatoms. The highest BCUT2D eigenvalue weighted by Crippen LogP contribution is 2.08. The summed E-state index contributed by atoms with van der Waals surface area (Å²) in [4.78, 5) is 71.9. The van der Waals surface area contributed by atoms with Crippen LogP contribution < -0.4 is 21.7 Å². The molecule has 204 valence electrons. The van der Waals surface area contributed by atoms with Gasteiger partial charge in [-0.05, 0) is 24.3 Å². The Bertz CT molecular complexity index is 968. The fourth-order valence-corrected chi connectivity index (χ4v) is 3.32. The number of aliphatic carboxylic acids is 3. The van der Waals surface area contributed by atoms with Crippen molar-refractivity contribution < 1.29 is 44.1 Å². The third kappa shape index (κ3) is 11.5. The van der Waals surface area contributed by atoms with Gasteiger partial charge in [-0.25, -0.2) is 4.79 Å². The monoisotopic (exact) mass is 522 g/mol. The van der Waals surface area contributed by atoms with Gasteiger partial charge in [-0.3, -0.25) is 24.0 Å². The molecular weight excluding hydrogens is 488 g/mol. The first kappa shape index (κ1) is 31.0. The van der Waals surface area contributed by atoms with Crippen LogP contribution in [0, 0.1) is 5.92 Å². The molecule has 0 aliphatic rings. The zero-order chi connectivity index (χ0) is 28.1. The number of nitrogens with one attached hydrogen (secondary N) is 3. The van der Waals surface area contributed by atoms with Crippen LogP contribution in [0.1, 0.15) is 45.1 Å². The van der Waals surface area contributed by atoms with E-state index in [1.54, 1.807) is 44.2 Å². The molecule has 0 bridgehead atoms. The van der Waals surface area contributed by atoms with Crippen LogP contribution in [-0.4, -0.2) is 75.1 Å². The van der Waals surface area contributed by atoms with Gasteiger partial charge in [-0.1, -0.05) is 44.2 Å². The summed E-state index contributed by atoms with van der Waals surface area (Å²) in [6.45, 7) is 3.21. The normalized spacial score (nSPS) is 14.1. The highest BCUT2D eigenvalue weighted by Gasteiger charge is 2.31. The fraction of sp³-hybridized carbons (Fsp3) is 0.500. The Hall–Kier alpha value is -4.00. The molecule has 0 aliphatic carbocycles. The molecule has 0 spiro atoms. The number of carbonyl (C=O) groups is 6. The summed E-state index contributed by atoms with van der Waals surface area (Å²) < 4.78 is 0. The Morgan fingerprint density at radius 2 is 1.27 bits per heavy atom. The minimum absolute atomic E-state index is 0.0133. The van der Waals surface area contributed by atoms with Gasteiger partial charge >= 0.3 is 17.9 Å². The van der Waals surface area contributed by atoms with E-state index in [1.807, 2.05) is 0 Å². The second kappa shape index (κ2) is 15.2. The van der Waals surface area contributed by atoms with Crippen molar-refractivity contribution in [3.8, 4) is 0 Å². The molecule has 1 rings (SSSR count). The molecule has 4 atom stereocenters. The Balaban J connectivity index is 3.12. The first-order chi connectivity index (χ1) is 17.3. The lowest BCUT2D eigenvalue weighted by atomic mass is 10.0. The van der Waals surface area contributed by atoms with Crippen LogP contribution in [0.5, 0.6) is 0 Å². The van der Waals surface area contributed by atoms with Gasteiger partial charge in [0.1, 0.15) is 18.1 Å². The molecule has 8 N–H and O–H groups in total. The molecule has 1 aromatic carbocycles. The van der Waals surface area contributed by atoms with Gasteiger partial charge in [0.05, 0.1) is 6.04 Å². The summed E-state index contributed by atoms with van der Waals surface area (Å²) in [6, 6.07) is 3.46. The van der Waals surface area contributed by atoms with Crippen molar-refractivity contribution in [1.29, 1.82) is 0 Å². The zero-order valence-corrected chi connectivity index (χ0v) is 20.7. The van der Waals surface area contributed by atoms with Crippen molar-refractivity contribution in [1.82, 2.24) is 16.0 Å². The Morgan fingerprint density at radius 3 is 1.78 bits per heavy atom. The lowest BCUT2D eigenvalue weighted by molar-refractivity contribution is -0.143. The third-order valence-electron chi connectivity index (χ3n) is 5.43. The quantitative estimate of drug-likeness (QED) is 0.147. The largest absolute Gasteiger partial charge is 0.481 e. The van der Waals surface area contributed by atoms with Crippen molar-refractivity contribution in [3.05, 3.63) is 35.9 Å². The smallest absolute Gasteiger partial charge is 0.326 e. The Labute approximate surface area is 213 Å². The zero-order valence-electron chi connectivity index (χ0n) is 20.7. The van der Waals surface area contributed by atoms with E-state index < -0.39 is 72.1 Å². The third-order valence-corrected chi connectivity index (χ3v) is 5.43. The molecule has 13 nitrogen and oxygen atoms in total. The summed E-state index contributed by atoms with van der Waals surface area (Å²) in [6.07, 6.45) is -1.44. The van der Waals surface area contributed by atoms with Crippen molar-refractivity contribution in [3.63, 3.8) is 0 Å². The molecule has 0 saturated heterocycles. The van der Waals surface area contributed by atoms with Crippen LogP contribution in [0.3, 0.4) is 0 Å². The first-order valence-corrected chi connectivity index (χ1v) is 11.7. The fourth-order valence-electron chi connectivity index (χ4n) is 3.32. The van der Waals surface area contributed by atoms with E-state index in [1.165, 1.54) is 0 Å². The molecule has 0 radical (unpaired) electrons. The maximum atomic E-state index is 13.1. The molecular formula is C24H34N4O9. The summed E-state index contributed by atoms with van der Waals surface area (Å²) in [5, 5.41) is 34.5. The van der Waals surface area contributed by atoms with E-state index in [2.05, 4.69) is 16.0 Å².